The van der Waals surface area contributed by atoms with E-state index in [-0.39, 0.29) is 23.9 Å². The summed E-state index contributed by atoms with van der Waals surface area (Å²) in [6.07, 6.45) is 2.39. The highest BCUT2D eigenvalue weighted by molar-refractivity contribution is 6.07. The van der Waals surface area contributed by atoms with Gasteiger partial charge in [-0.3, -0.25) is 9.69 Å². The molecule has 3 heterocycles. The van der Waals surface area contributed by atoms with Crippen molar-refractivity contribution >= 4 is 11.9 Å². The van der Waals surface area contributed by atoms with Gasteiger partial charge in [-0.15, -0.1) is 0 Å². The monoisotopic (exact) mass is 405 g/mol. The first kappa shape index (κ1) is 19.1. The topological polar surface area (TPSA) is 77.2 Å². The van der Waals surface area contributed by atoms with Crippen molar-refractivity contribution in [2.45, 2.75) is 37.8 Å². The summed E-state index contributed by atoms with van der Waals surface area (Å²) in [5, 5.41) is 0. The number of fused-ring (bicyclic) bond motifs is 2. The molecule has 6 nitrogen and oxygen atoms in total. The van der Waals surface area contributed by atoms with Gasteiger partial charge in [0.15, 0.2) is 11.5 Å². The average molecular weight is 405 g/mol. The van der Waals surface area contributed by atoms with Gasteiger partial charge in [0, 0.05) is 31.6 Å². The lowest BCUT2D eigenvalue weighted by atomic mass is 9.77. The van der Waals surface area contributed by atoms with Gasteiger partial charge >= 0.3 is 0 Å². The average Bonchev–Trinajstić information content (AvgIpc) is 2.98. The lowest BCUT2D eigenvalue weighted by Crippen LogP contribution is -2.48. The lowest BCUT2D eigenvalue weighted by molar-refractivity contribution is -0.133. The fraction of sp³-hybridized carbons (Fsp3) is 0.417. The van der Waals surface area contributed by atoms with E-state index in [2.05, 4.69) is 31.2 Å². The van der Waals surface area contributed by atoms with E-state index in [0.29, 0.717) is 18.8 Å². The number of guanidine groups is 1. The Morgan fingerprint density at radius 1 is 1.20 bits per heavy atom. The van der Waals surface area contributed by atoms with Crippen molar-refractivity contribution in [1.29, 1.82) is 0 Å². The molecule has 1 spiro atoms. The number of amides is 1. The second-order valence-corrected chi connectivity index (χ2v) is 8.61. The SMILES string of the molecule is Cc1cccc(-c2ccc3c(c2)C2(CC(C4CCCOC4)O3)N=C(N)N(C)C2=O)c1. The number of hydrogen-bond acceptors (Lipinski definition) is 5. The molecule has 3 atom stereocenters. The molecule has 0 radical (unpaired) electrons. The maximum atomic E-state index is 13.4. The normalized spacial score (nSPS) is 28.3. The maximum absolute atomic E-state index is 13.4. The first-order valence-electron chi connectivity index (χ1n) is 10.6. The number of carbonyl (C=O) groups excluding carboxylic acids is 1. The molecule has 30 heavy (non-hydrogen) atoms. The molecule has 0 aromatic heterocycles. The van der Waals surface area contributed by atoms with Crippen LogP contribution in [-0.4, -0.2) is 43.1 Å². The van der Waals surface area contributed by atoms with Crippen molar-refractivity contribution < 1.29 is 14.3 Å². The molecule has 1 amide bonds. The molecule has 2 aromatic carbocycles. The maximum Gasteiger partial charge on any atom is 0.261 e. The van der Waals surface area contributed by atoms with Gasteiger partial charge in [0.05, 0.1) is 6.61 Å². The second-order valence-electron chi connectivity index (χ2n) is 8.61. The van der Waals surface area contributed by atoms with Gasteiger partial charge in [0.25, 0.3) is 5.91 Å². The summed E-state index contributed by atoms with van der Waals surface area (Å²) in [6.45, 7) is 3.52. The van der Waals surface area contributed by atoms with E-state index < -0.39 is 5.54 Å². The van der Waals surface area contributed by atoms with Crippen LogP contribution in [0.2, 0.25) is 0 Å². The highest BCUT2D eigenvalue weighted by Crippen LogP contribution is 2.48. The van der Waals surface area contributed by atoms with Crippen molar-refractivity contribution in [3.05, 3.63) is 53.6 Å². The Morgan fingerprint density at radius 2 is 2.03 bits per heavy atom. The van der Waals surface area contributed by atoms with Crippen molar-refractivity contribution in [3.63, 3.8) is 0 Å². The summed E-state index contributed by atoms with van der Waals surface area (Å²) in [5.41, 5.74) is 9.21. The van der Waals surface area contributed by atoms with Crippen LogP contribution >= 0.6 is 0 Å². The van der Waals surface area contributed by atoms with E-state index in [0.717, 1.165) is 36.1 Å². The number of nitrogens with two attached hydrogens (primary N) is 1. The Bertz CT molecular complexity index is 1030. The van der Waals surface area contributed by atoms with Gasteiger partial charge in [-0.25, -0.2) is 4.99 Å². The highest BCUT2D eigenvalue weighted by atomic mass is 16.5. The third kappa shape index (κ3) is 2.98. The summed E-state index contributed by atoms with van der Waals surface area (Å²) in [6, 6.07) is 14.4. The number of aliphatic imine (C=N–C) groups is 1. The van der Waals surface area contributed by atoms with Crippen LogP contribution in [0, 0.1) is 12.8 Å². The third-order valence-corrected chi connectivity index (χ3v) is 6.58. The quantitative estimate of drug-likeness (QED) is 0.832. The highest BCUT2D eigenvalue weighted by Gasteiger charge is 2.54. The number of benzene rings is 2. The third-order valence-electron chi connectivity index (χ3n) is 6.58. The summed E-state index contributed by atoms with van der Waals surface area (Å²) >= 11 is 0. The molecule has 3 aliphatic rings. The smallest absolute Gasteiger partial charge is 0.261 e. The van der Waals surface area contributed by atoms with E-state index in [4.69, 9.17) is 20.2 Å². The number of aryl methyl sites for hydroxylation is 1. The van der Waals surface area contributed by atoms with Crippen LogP contribution in [0.15, 0.2) is 47.5 Å². The number of carbonyl (C=O) groups is 1. The van der Waals surface area contributed by atoms with Gasteiger partial charge in [0.1, 0.15) is 11.9 Å². The standard InChI is InChI=1S/C24H27N3O3/c1-15-5-3-6-16(11-15)17-8-9-20-19(12-17)24(22(28)27(2)23(25)26-24)13-21(30-20)18-7-4-10-29-14-18/h3,5-6,8-9,11-12,18,21H,4,7,10,13-14H2,1-2H3,(H2,25,26). The zero-order valence-electron chi connectivity index (χ0n) is 17.4. The minimum absolute atomic E-state index is 0.0901. The fourth-order valence-corrected chi connectivity index (χ4v) is 4.90. The van der Waals surface area contributed by atoms with Gasteiger partial charge in [-0.05, 0) is 43.0 Å². The van der Waals surface area contributed by atoms with Crippen LogP contribution in [0.25, 0.3) is 11.1 Å². The Balaban J connectivity index is 1.62. The number of nitrogens with zero attached hydrogens (tertiary/aromatic N) is 2. The van der Waals surface area contributed by atoms with Gasteiger partial charge < -0.3 is 15.2 Å². The van der Waals surface area contributed by atoms with Gasteiger partial charge in [-0.1, -0.05) is 35.9 Å². The van der Waals surface area contributed by atoms with Crippen molar-refractivity contribution in [3.8, 4) is 16.9 Å². The van der Waals surface area contributed by atoms with Gasteiger partial charge in [-0.2, -0.15) is 0 Å². The second kappa shape index (κ2) is 7.13. The Morgan fingerprint density at radius 3 is 2.73 bits per heavy atom. The molecule has 3 unspecified atom stereocenters. The van der Waals surface area contributed by atoms with Crippen LogP contribution < -0.4 is 10.5 Å². The summed E-state index contributed by atoms with van der Waals surface area (Å²) in [4.78, 5) is 19.6. The van der Waals surface area contributed by atoms with Crippen LogP contribution in [0.4, 0.5) is 0 Å². The molecule has 2 aromatic rings. The van der Waals surface area contributed by atoms with E-state index in [1.54, 1.807) is 7.05 Å². The molecule has 5 rings (SSSR count). The molecule has 1 saturated heterocycles. The number of hydrogen-bond donors (Lipinski definition) is 1. The minimum atomic E-state index is -1.03. The lowest BCUT2D eigenvalue weighted by Gasteiger charge is -2.40. The molecule has 2 N–H and O–H groups in total. The first-order valence-corrected chi connectivity index (χ1v) is 10.6. The van der Waals surface area contributed by atoms with Crippen LogP contribution in [0.3, 0.4) is 0 Å². The van der Waals surface area contributed by atoms with E-state index in [1.807, 2.05) is 18.2 Å². The molecular formula is C24H27N3O3. The predicted octanol–water partition coefficient (Wildman–Crippen LogP) is 3.22. The van der Waals surface area contributed by atoms with Crippen molar-refractivity contribution in [2.75, 3.05) is 20.3 Å². The minimum Gasteiger partial charge on any atom is -0.490 e. The van der Waals surface area contributed by atoms with E-state index in [9.17, 15) is 4.79 Å². The molecule has 1 fully saturated rings. The van der Waals surface area contributed by atoms with Crippen LogP contribution in [0.1, 0.15) is 30.4 Å². The predicted molar refractivity (Wildman–Crippen MR) is 115 cm³/mol. The van der Waals surface area contributed by atoms with E-state index >= 15 is 0 Å². The summed E-state index contributed by atoms with van der Waals surface area (Å²) in [5.74, 6) is 1.13. The molecule has 0 bridgehead atoms. The van der Waals surface area contributed by atoms with Crippen LogP contribution in [0.5, 0.6) is 5.75 Å². The Labute approximate surface area is 176 Å². The number of rotatable bonds is 2. The Hall–Kier alpha value is -2.86. The molecule has 0 aliphatic carbocycles. The number of likely N-dealkylation sites (N-methyl/N-ethyl adjacent to an activating group) is 1. The van der Waals surface area contributed by atoms with Crippen molar-refractivity contribution in [2.24, 2.45) is 16.6 Å². The molecule has 0 saturated carbocycles. The molecule has 6 heteroatoms. The molecule has 156 valence electrons. The zero-order valence-corrected chi connectivity index (χ0v) is 17.4. The molecular weight excluding hydrogens is 378 g/mol. The Kier molecular flexibility index (Phi) is 4.54. The first-order chi connectivity index (χ1) is 14.5. The number of ether oxygens (including phenoxy) is 2. The molecule has 3 aliphatic heterocycles. The van der Waals surface area contributed by atoms with Gasteiger partial charge in [0.2, 0.25) is 0 Å². The fourth-order valence-electron chi connectivity index (χ4n) is 4.90. The van der Waals surface area contributed by atoms with Crippen molar-refractivity contribution in [1.82, 2.24) is 4.90 Å². The summed E-state index contributed by atoms with van der Waals surface area (Å²) < 4.78 is 12.1. The summed E-state index contributed by atoms with van der Waals surface area (Å²) in [7, 11) is 1.69. The largest absolute Gasteiger partial charge is 0.490 e. The van der Waals surface area contributed by atoms with Crippen LogP contribution in [-0.2, 0) is 15.1 Å². The van der Waals surface area contributed by atoms with E-state index in [1.165, 1.54) is 10.5 Å². The zero-order chi connectivity index (χ0) is 20.9.